The van der Waals surface area contributed by atoms with Gasteiger partial charge in [0.1, 0.15) is 5.82 Å². The Balaban J connectivity index is 1.81. The number of hydrogen-bond acceptors (Lipinski definition) is 2. The van der Waals surface area contributed by atoms with Gasteiger partial charge in [-0.2, -0.15) is 5.10 Å². The lowest BCUT2D eigenvalue weighted by molar-refractivity contribution is 0.253. The van der Waals surface area contributed by atoms with Gasteiger partial charge in [-0.1, -0.05) is 18.2 Å². The molecule has 0 radical (unpaired) electrons. The van der Waals surface area contributed by atoms with E-state index < -0.39 is 0 Å². The number of piperidine rings is 1. The fraction of sp³-hybridized carbons (Fsp3) is 0.316. The number of nitrogens with zero attached hydrogens (tertiary/aromatic N) is 3. The molecule has 0 spiro atoms. The van der Waals surface area contributed by atoms with E-state index in [9.17, 15) is 4.39 Å². The highest BCUT2D eigenvalue weighted by molar-refractivity contribution is 5.84. The average Bonchev–Trinajstić information content (AvgIpc) is 2.96. The van der Waals surface area contributed by atoms with Gasteiger partial charge in [-0.25, -0.2) is 9.07 Å². The number of aromatic nitrogens is 2. The van der Waals surface area contributed by atoms with Gasteiger partial charge in [-0.05, 0) is 63.3 Å². The van der Waals surface area contributed by atoms with Crippen molar-refractivity contribution in [2.24, 2.45) is 0 Å². The molecule has 0 saturated carbocycles. The fourth-order valence-electron chi connectivity index (χ4n) is 3.45. The molecule has 2 heterocycles. The predicted octanol–water partition coefficient (Wildman–Crippen LogP) is 3.97. The van der Waals surface area contributed by atoms with Crippen LogP contribution in [0, 0.1) is 5.82 Å². The van der Waals surface area contributed by atoms with Crippen molar-refractivity contribution in [1.29, 1.82) is 0 Å². The van der Waals surface area contributed by atoms with Crippen LogP contribution >= 0.6 is 0 Å². The zero-order valence-corrected chi connectivity index (χ0v) is 13.2. The monoisotopic (exact) mass is 309 g/mol. The molecular formula is C19H20FN3. The Kier molecular flexibility index (Phi) is 3.62. The summed E-state index contributed by atoms with van der Waals surface area (Å²) in [5.74, 6) is 0.276. The summed E-state index contributed by atoms with van der Waals surface area (Å²) in [5, 5.41) is 6.13. The van der Waals surface area contributed by atoms with Gasteiger partial charge >= 0.3 is 0 Å². The molecule has 1 aromatic heterocycles. The summed E-state index contributed by atoms with van der Waals surface area (Å²) in [4.78, 5) is 2.37. The molecule has 0 aliphatic carbocycles. The maximum Gasteiger partial charge on any atom is 0.123 e. The van der Waals surface area contributed by atoms with Crippen LogP contribution in [0.25, 0.3) is 16.6 Å². The Morgan fingerprint density at radius 1 is 1.00 bits per heavy atom. The first-order chi connectivity index (χ1) is 11.2. The van der Waals surface area contributed by atoms with Gasteiger partial charge in [0.15, 0.2) is 0 Å². The summed E-state index contributed by atoms with van der Waals surface area (Å²) < 4.78 is 15.2. The zero-order chi connectivity index (χ0) is 15.8. The van der Waals surface area contributed by atoms with Crippen LogP contribution in [0.15, 0.2) is 48.5 Å². The van der Waals surface area contributed by atoms with E-state index in [-0.39, 0.29) is 5.82 Å². The third-order valence-corrected chi connectivity index (χ3v) is 4.79. The molecule has 0 N–H and O–H groups in total. The second kappa shape index (κ2) is 5.78. The number of fused-ring (bicyclic) bond motifs is 1. The van der Waals surface area contributed by atoms with Crippen molar-refractivity contribution in [3.8, 4) is 5.69 Å². The Morgan fingerprint density at radius 2 is 1.70 bits per heavy atom. The number of benzene rings is 2. The smallest absolute Gasteiger partial charge is 0.123 e. The minimum atomic E-state index is -0.222. The molecule has 23 heavy (non-hydrogen) atoms. The largest absolute Gasteiger partial charge is 0.306 e. The predicted molar refractivity (Wildman–Crippen MR) is 90.5 cm³/mol. The molecule has 3 aromatic rings. The Labute approximate surface area is 135 Å². The molecule has 3 nitrogen and oxygen atoms in total. The Morgan fingerprint density at radius 3 is 2.43 bits per heavy atom. The molecule has 1 saturated heterocycles. The van der Waals surface area contributed by atoms with Gasteiger partial charge in [0.25, 0.3) is 0 Å². The topological polar surface area (TPSA) is 21.1 Å². The quantitative estimate of drug-likeness (QED) is 0.714. The van der Waals surface area contributed by atoms with E-state index in [0.717, 1.165) is 37.1 Å². The van der Waals surface area contributed by atoms with Crippen LogP contribution in [0.5, 0.6) is 0 Å². The standard InChI is InChI=1S/C19H20FN3/c1-22-12-10-14(11-13-22)19-17-4-2-3-5-18(17)23(21-19)16-8-6-15(20)7-9-16/h2-9,14H,10-13H2,1H3. The lowest BCUT2D eigenvalue weighted by Gasteiger charge is -2.28. The molecule has 0 atom stereocenters. The Bertz CT molecular complexity index is 814. The first kappa shape index (κ1) is 14.4. The van der Waals surface area contributed by atoms with E-state index in [2.05, 4.69) is 30.1 Å². The molecule has 1 aliphatic heterocycles. The first-order valence-corrected chi connectivity index (χ1v) is 8.14. The van der Waals surface area contributed by atoms with E-state index in [1.807, 2.05) is 10.7 Å². The van der Waals surface area contributed by atoms with E-state index in [4.69, 9.17) is 5.10 Å². The van der Waals surface area contributed by atoms with E-state index in [1.54, 1.807) is 12.1 Å². The second-order valence-corrected chi connectivity index (χ2v) is 6.37. The maximum atomic E-state index is 13.2. The van der Waals surface area contributed by atoms with Gasteiger partial charge in [0.2, 0.25) is 0 Å². The summed E-state index contributed by atoms with van der Waals surface area (Å²) in [7, 11) is 2.17. The van der Waals surface area contributed by atoms with E-state index in [1.165, 1.54) is 23.2 Å². The number of rotatable bonds is 2. The summed E-state index contributed by atoms with van der Waals surface area (Å²) in [6, 6.07) is 14.9. The van der Waals surface area contributed by atoms with E-state index in [0.29, 0.717) is 5.92 Å². The van der Waals surface area contributed by atoms with Crippen molar-refractivity contribution >= 4 is 10.9 Å². The highest BCUT2D eigenvalue weighted by atomic mass is 19.1. The Hall–Kier alpha value is -2.20. The molecule has 4 rings (SSSR count). The summed E-state index contributed by atoms with van der Waals surface area (Å²) >= 11 is 0. The van der Waals surface area contributed by atoms with Gasteiger partial charge < -0.3 is 4.90 Å². The molecule has 2 aromatic carbocycles. The number of para-hydroxylation sites is 1. The van der Waals surface area contributed by atoms with Crippen molar-refractivity contribution in [3.63, 3.8) is 0 Å². The number of halogens is 1. The average molecular weight is 309 g/mol. The molecule has 0 unspecified atom stereocenters. The van der Waals surface area contributed by atoms with Crippen LogP contribution in [0.2, 0.25) is 0 Å². The van der Waals surface area contributed by atoms with Crippen molar-refractivity contribution in [3.05, 3.63) is 60.0 Å². The number of likely N-dealkylation sites (tertiary alicyclic amines) is 1. The van der Waals surface area contributed by atoms with Crippen LogP contribution in [0.4, 0.5) is 4.39 Å². The maximum absolute atomic E-state index is 13.2. The molecule has 1 fully saturated rings. The van der Waals surface area contributed by atoms with Crippen molar-refractivity contribution < 1.29 is 4.39 Å². The highest BCUT2D eigenvalue weighted by Crippen LogP contribution is 2.33. The minimum Gasteiger partial charge on any atom is -0.306 e. The van der Waals surface area contributed by atoms with Crippen LogP contribution in [0.1, 0.15) is 24.5 Å². The van der Waals surface area contributed by atoms with Gasteiger partial charge in [0.05, 0.1) is 16.9 Å². The zero-order valence-electron chi connectivity index (χ0n) is 13.2. The minimum absolute atomic E-state index is 0.222. The second-order valence-electron chi connectivity index (χ2n) is 6.37. The summed E-state index contributed by atoms with van der Waals surface area (Å²) in [6.07, 6.45) is 2.28. The van der Waals surface area contributed by atoms with Gasteiger partial charge in [-0.15, -0.1) is 0 Å². The first-order valence-electron chi connectivity index (χ1n) is 8.14. The molecule has 1 aliphatic rings. The van der Waals surface area contributed by atoms with Crippen LogP contribution < -0.4 is 0 Å². The van der Waals surface area contributed by atoms with Crippen molar-refractivity contribution in [1.82, 2.24) is 14.7 Å². The number of hydrogen-bond donors (Lipinski definition) is 0. The van der Waals surface area contributed by atoms with Crippen molar-refractivity contribution in [2.75, 3.05) is 20.1 Å². The molecule has 0 bridgehead atoms. The lowest BCUT2D eigenvalue weighted by Crippen LogP contribution is -2.29. The third kappa shape index (κ3) is 2.63. The van der Waals surface area contributed by atoms with Crippen LogP contribution in [-0.2, 0) is 0 Å². The van der Waals surface area contributed by atoms with Crippen molar-refractivity contribution in [2.45, 2.75) is 18.8 Å². The fourth-order valence-corrected chi connectivity index (χ4v) is 3.45. The van der Waals surface area contributed by atoms with E-state index >= 15 is 0 Å². The van der Waals surface area contributed by atoms with Gasteiger partial charge in [-0.3, -0.25) is 0 Å². The van der Waals surface area contributed by atoms with Crippen LogP contribution in [-0.4, -0.2) is 34.8 Å². The normalized spacial score (nSPS) is 17.0. The highest BCUT2D eigenvalue weighted by Gasteiger charge is 2.24. The summed E-state index contributed by atoms with van der Waals surface area (Å²) in [5.41, 5.74) is 3.17. The summed E-state index contributed by atoms with van der Waals surface area (Å²) in [6.45, 7) is 2.23. The molecular weight excluding hydrogens is 289 g/mol. The van der Waals surface area contributed by atoms with Crippen LogP contribution in [0.3, 0.4) is 0 Å². The third-order valence-electron chi connectivity index (χ3n) is 4.79. The lowest BCUT2D eigenvalue weighted by atomic mass is 9.92. The SMILES string of the molecule is CN1CCC(c2nn(-c3ccc(F)cc3)c3ccccc23)CC1. The van der Waals surface area contributed by atoms with Gasteiger partial charge in [0, 0.05) is 11.3 Å². The molecule has 118 valence electrons. The molecule has 0 amide bonds. The molecule has 4 heteroatoms.